The van der Waals surface area contributed by atoms with E-state index in [1.807, 2.05) is 6.92 Å². The van der Waals surface area contributed by atoms with Gasteiger partial charge in [-0.1, -0.05) is 11.6 Å². The number of nitrogens with one attached hydrogen (secondary N) is 1. The highest BCUT2D eigenvalue weighted by molar-refractivity contribution is 7.20. The van der Waals surface area contributed by atoms with Gasteiger partial charge in [0.1, 0.15) is 40.0 Å². The molecule has 0 unspecified atom stereocenters. The molecule has 10 heteroatoms. The standard InChI is InChI=1S/C19H20ClN3O5S/c1-10-15-17(23-12-8-13(26-3)11(20)7-14(12)27-4)21-9-22-18(15)29-16(10)19(24)28-6-5-25-2/h7-9H,5-6H2,1-4H3,(H,21,22,23). The van der Waals surface area contributed by atoms with Gasteiger partial charge in [0.25, 0.3) is 0 Å². The first-order valence-corrected chi connectivity index (χ1v) is 9.78. The first-order valence-electron chi connectivity index (χ1n) is 8.58. The predicted molar refractivity (Wildman–Crippen MR) is 112 cm³/mol. The van der Waals surface area contributed by atoms with E-state index >= 15 is 0 Å². The maximum Gasteiger partial charge on any atom is 0.348 e. The van der Waals surface area contributed by atoms with E-state index in [9.17, 15) is 4.79 Å². The fourth-order valence-corrected chi connectivity index (χ4v) is 4.00. The topological polar surface area (TPSA) is 91.8 Å². The van der Waals surface area contributed by atoms with Crippen LogP contribution in [0.25, 0.3) is 10.2 Å². The van der Waals surface area contributed by atoms with E-state index in [-0.39, 0.29) is 6.61 Å². The number of halogens is 1. The Balaban J connectivity index is 2.00. The lowest BCUT2D eigenvalue weighted by atomic mass is 10.2. The van der Waals surface area contributed by atoms with E-state index in [4.69, 9.17) is 30.5 Å². The first kappa shape index (κ1) is 21.1. The molecule has 29 heavy (non-hydrogen) atoms. The maximum atomic E-state index is 12.4. The minimum Gasteiger partial charge on any atom is -0.495 e. The molecule has 0 aliphatic rings. The largest absolute Gasteiger partial charge is 0.495 e. The van der Waals surface area contributed by atoms with Gasteiger partial charge in [-0.05, 0) is 12.5 Å². The van der Waals surface area contributed by atoms with Crippen LogP contribution in [0.4, 0.5) is 11.5 Å². The molecule has 0 aliphatic carbocycles. The highest BCUT2D eigenvalue weighted by Crippen LogP contribution is 2.40. The molecule has 0 radical (unpaired) electrons. The van der Waals surface area contributed by atoms with Crippen LogP contribution < -0.4 is 14.8 Å². The second kappa shape index (κ2) is 9.25. The molecule has 3 rings (SSSR count). The zero-order valence-electron chi connectivity index (χ0n) is 16.4. The van der Waals surface area contributed by atoms with E-state index in [1.165, 1.54) is 24.8 Å². The third-order valence-electron chi connectivity index (χ3n) is 4.16. The Morgan fingerprint density at radius 1 is 1.14 bits per heavy atom. The molecule has 2 heterocycles. The summed E-state index contributed by atoms with van der Waals surface area (Å²) >= 11 is 7.43. The summed E-state index contributed by atoms with van der Waals surface area (Å²) in [5.74, 6) is 1.13. The van der Waals surface area contributed by atoms with Crippen LogP contribution in [0.2, 0.25) is 5.02 Å². The number of aromatic nitrogens is 2. The zero-order chi connectivity index (χ0) is 21.0. The van der Waals surface area contributed by atoms with Crippen LogP contribution in [0.15, 0.2) is 18.5 Å². The fraction of sp³-hybridized carbons (Fsp3) is 0.316. The van der Waals surface area contributed by atoms with Gasteiger partial charge in [-0.15, -0.1) is 11.3 Å². The molecule has 154 valence electrons. The van der Waals surface area contributed by atoms with Crippen molar-refractivity contribution in [2.24, 2.45) is 0 Å². The second-order valence-electron chi connectivity index (χ2n) is 5.90. The van der Waals surface area contributed by atoms with Gasteiger partial charge in [-0.25, -0.2) is 14.8 Å². The molecule has 0 saturated heterocycles. The van der Waals surface area contributed by atoms with Crippen LogP contribution in [-0.2, 0) is 9.47 Å². The van der Waals surface area contributed by atoms with Crippen LogP contribution in [-0.4, -0.2) is 50.5 Å². The Hall–Kier alpha value is -2.62. The molecular formula is C19H20ClN3O5S. The second-order valence-corrected chi connectivity index (χ2v) is 7.31. The van der Waals surface area contributed by atoms with Crippen molar-refractivity contribution in [3.05, 3.63) is 33.9 Å². The third-order valence-corrected chi connectivity index (χ3v) is 5.64. The number of rotatable bonds is 8. The Labute approximate surface area is 176 Å². The molecule has 2 aromatic heterocycles. The number of carbonyl (C=O) groups is 1. The average Bonchev–Trinajstić information content (AvgIpc) is 3.06. The number of thiophene rings is 1. The van der Waals surface area contributed by atoms with E-state index in [0.717, 1.165) is 10.9 Å². The van der Waals surface area contributed by atoms with Crippen LogP contribution in [0.1, 0.15) is 15.2 Å². The van der Waals surface area contributed by atoms with E-state index in [2.05, 4.69) is 15.3 Å². The van der Waals surface area contributed by atoms with Crippen molar-refractivity contribution in [2.45, 2.75) is 6.92 Å². The summed E-state index contributed by atoms with van der Waals surface area (Å²) in [7, 11) is 4.62. The summed E-state index contributed by atoms with van der Waals surface area (Å²) in [6.07, 6.45) is 1.43. The van der Waals surface area contributed by atoms with Crippen LogP contribution in [0.3, 0.4) is 0 Å². The highest BCUT2D eigenvalue weighted by atomic mass is 35.5. The number of ether oxygens (including phenoxy) is 4. The summed E-state index contributed by atoms with van der Waals surface area (Å²) < 4.78 is 20.9. The molecule has 0 spiro atoms. The van der Waals surface area contributed by atoms with Crippen LogP contribution in [0.5, 0.6) is 11.5 Å². The van der Waals surface area contributed by atoms with Crippen molar-refractivity contribution < 1.29 is 23.7 Å². The molecule has 1 N–H and O–H groups in total. The Morgan fingerprint density at radius 3 is 2.59 bits per heavy atom. The SMILES string of the molecule is COCCOC(=O)c1sc2ncnc(Nc3cc(OC)c(Cl)cc3OC)c2c1C. The number of anilines is 2. The van der Waals surface area contributed by atoms with Gasteiger partial charge in [0.15, 0.2) is 0 Å². The van der Waals surface area contributed by atoms with Crippen molar-refractivity contribution in [1.82, 2.24) is 9.97 Å². The number of hydrogen-bond donors (Lipinski definition) is 1. The van der Waals surface area contributed by atoms with Crippen molar-refractivity contribution in [1.29, 1.82) is 0 Å². The number of esters is 1. The van der Waals surface area contributed by atoms with Gasteiger partial charge in [0.05, 0.1) is 36.9 Å². The number of nitrogens with zero attached hydrogens (tertiary/aromatic N) is 2. The van der Waals surface area contributed by atoms with Gasteiger partial charge in [0, 0.05) is 19.2 Å². The van der Waals surface area contributed by atoms with E-state index in [1.54, 1.807) is 26.4 Å². The number of fused-ring (bicyclic) bond motifs is 1. The predicted octanol–water partition coefficient (Wildman–Crippen LogP) is 4.22. The Bertz CT molecular complexity index is 1040. The highest BCUT2D eigenvalue weighted by Gasteiger charge is 2.21. The van der Waals surface area contributed by atoms with Crippen LogP contribution in [0, 0.1) is 6.92 Å². The van der Waals surface area contributed by atoms with Gasteiger partial charge in [-0.3, -0.25) is 0 Å². The number of methoxy groups -OCH3 is 3. The van der Waals surface area contributed by atoms with Crippen molar-refractivity contribution in [3.63, 3.8) is 0 Å². The van der Waals surface area contributed by atoms with Crippen LogP contribution >= 0.6 is 22.9 Å². The Morgan fingerprint density at radius 2 is 1.90 bits per heavy atom. The minimum atomic E-state index is -0.417. The fourth-order valence-electron chi connectivity index (χ4n) is 2.73. The zero-order valence-corrected chi connectivity index (χ0v) is 17.9. The minimum absolute atomic E-state index is 0.182. The number of aryl methyl sites for hydroxylation is 1. The van der Waals surface area contributed by atoms with Gasteiger partial charge in [-0.2, -0.15) is 0 Å². The molecule has 8 nitrogen and oxygen atoms in total. The van der Waals surface area contributed by atoms with Crippen molar-refractivity contribution >= 4 is 50.6 Å². The number of carbonyl (C=O) groups excluding carboxylic acids is 1. The molecule has 1 aromatic carbocycles. The first-order chi connectivity index (χ1) is 14.0. The van der Waals surface area contributed by atoms with Crippen molar-refractivity contribution in [2.75, 3.05) is 39.9 Å². The monoisotopic (exact) mass is 437 g/mol. The molecule has 0 aliphatic heterocycles. The molecule has 0 saturated carbocycles. The summed E-state index contributed by atoms with van der Waals surface area (Å²) in [6, 6.07) is 3.37. The molecule has 3 aromatic rings. The molecule has 0 bridgehead atoms. The molecule has 0 amide bonds. The summed E-state index contributed by atoms with van der Waals surface area (Å²) in [5, 5.41) is 4.39. The lowest BCUT2D eigenvalue weighted by Crippen LogP contribution is -2.09. The summed E-state index contributed by atoms with van der Waals surface area (Å²) in [6.45, 7) is 2.35. The summed E-state index contributed by atoms with van der Waals surface area (Å²) in [4.78, 5) is 22.2. The Kier molecular flexibility index (Phi) is 6.73. The number of benzene rings is 1. The van der Waals surface area contributed by atoms with E-state index < -0.39 is 5.97 Å². The molecule has 0 atom stereocenters. The lowest BCUT2D eigenvalue weighted by Gasteiger charge is -2.14. The van der Waals surface area contributed by atoms with Gasteiger partial charge >= 0.3 is 5.97 Å². The lowest BCUT2D eigenvalue weighted by molar-refractivity contribution is 0.0393. The molecular weight excluding hydrogens is 418 g/mol. The normalized spacial score (nSPS) is 10.8. The molecule has 0 fully saturated rings. The number of hydrogen-bond acceptors (Lipinski definition) is 9. The van der Waals surface area contributed by atoms with Gasteiger partial charge in [0.2, 0.25) is 0 Å². The third kappa shape index (κ3) is 4.36. The smallest absolute Gasteiger partial charge is 0.348 e. The quantitative estimate of drug-likeness (QED) is 0.413. The average molecular weight is 438 g/mol. The van der Waals surface area contributed by atoms with Gasteiger partial charge < -0.3 is 24.3 Å². The summed E-state index contributed by atoms with van der Waals surface area (Å²) in [5.41, 5.74) is 1.35. The maximum absolute atomic E-state index is 12.4. The van der Waals surface area contributed by atoms with E-state index in [0.29, 0.717) is 44.3 Å². The van der Waals surface area contributed by atoms with Crippen molar-refractivity contribution in [3.8, 4) is 11.5 Å².